The molecular formula is C13H17Cl2NO2. The third kappa shape index (κ3) is 4.84. The van der Waals surface area contributed by atoms with Crippen molar-refractivity contribution in [3.63, 3.8) is 0 Å². The summed E-state index contributed by atoms with van der Waals surface area (Å²) in [7, 11) is 1.66. The number of halogens is 2. The fraction of sp³-hybridized carbons (Fsp3) is 0.462. The molecule has 18 heavy (non-hydrogen) atoms. The second-order valence-electron chi connectivity index (χ2n) is 4.97. The standard InChI is InChI=1S/C13H17Cl2NO2/c1-13(2,18)8-16(3)12(17)6-9-4-5-10(14)7-11(9)15/h4-5,7,18H,6,8H2,1-3H3. The molecule has 1 aromatic rings. The van der Waals surface area contributed by atoms with Gasteiger partial charge in [0.05, 0.1) is 12.0 Å². The summed E-state index contributed by atoms with van der Waals surface area (Å²) < 4.78 is 0. The number of nitrogens with zero attached hydrogens (tertiary/aromatic N) is 1. The molecule has 0 saturated heterocycles. The van der Waals surface area contributed by atoms with Gasteiger partial charge >= 0.3 is 0 Å². The number of amides is 1. The summed E-state index contributed by atoms with van der Waals surface area (Å²) in [6.07, 6.45) is 0.197. The van der Waals surface area contributed by atoms with E-state index in [4.69, 9.17) is 23.2 Å². The largest absolute Gasteiger partial charge is 0.389 e. The summed E-state index contributed by atoms with van der Waals surface area (Å²) in [4.78, 5) is 13.4. The van der Waals surface area contributed by atoms with Crippen LogP contribution in [-0.4, -0.2) is 35.1 Å². The zero-order chi connectivity index (χ0) is 13.9. The minimum Gasteiger partial charge on any atom is -0.389 e. The van der Waals surface area contributed by atoms with Crippen LogP contribution in [0.2, 0.25) is 10.0 Å². The summed E-state index contributed by atoms with van der Waals surface area (Å²) >= 11 is 11.8. The highest BCUT2D eigenvalue weighted by Gasteiger charge is 2.20. The normalized spacial score (nSPS) is 11.4. The molecule has 1 aromatic carbocycles. The van der Waals surface area contributed by atoms with E-state index in [2.05, 4.69) is 0 Å². The molecule has 0 bridgehead atoms. The monoisotopic (exact) mass is 289 g/mol. The van der Waals surface area contributed by atoms with Crippen molar-refractivity contribution in [2.24, 2.45) is 0 Å². The van der Waals surface area contributed by atoms with E-state index < -0.39 is 5.60 Å². The average Bonchev–Trinajstić information content (AvgIpc) is 2.19. The predicted octanol–water partition coefficient (Wildman–Crippen LogP) is 2.77. The fourth-order valence-corrected chi connectivity index (χ4v) is 2.11. The van der Waals surface area contributed by atoms with Crippen LogP contribution < -0.4 is 0 Å². The van der Waals surface area contributed by atoms with Crippen LogP contribution in [0.1, 0.15) is 19.4 Å². The zero-order valence-electron chi connectivity index (χ0n) is 10.7. The number of rotatable bonds is 4. The molecule has 5 heteroatoms. The van der Waals surface area contributed by atoms with E-state index in [0.717, 1.165) is 5.56 Å². The lowest BCUT2D eigenvalue weighted by molar-refractivity contribution is -0.131. The van der Waals surface area contributed by atoms with Crippen LogP contribution in [-0.2, 0) is 11.2 Å². The topological polar surface area (TPSA) is 40.5 Å². The predicted molar refractivity (Wildman–Crippen MR) is 74.1 cm³/mol. The SMILES string of the molecule is CN(CC(C)(C)O)C(=O)Cc1ccc(Cl)cc1Cl. The molecule has 0 spiro atoms. The van der Waals surface area contributed by atoms with Gasteiger partial charge in [-0.05, 0) is 31.5 Å². The molecule has 0 radical (unpaired) electrons. The molecular weight excluding hydrogens is 273 g/mol. The van der Waals surface area contributed by atoms with Crippen LogP contribution in [0.4, 0.5) is 0 Å². The maximum Gasteiger partial charge on any atom is 0.226 e. The van der Waals surface area contributed by atoms with Gasteiger partial charge in [-0.1, -0.05) is 29.3 Å². The number of carbonyl (C=O) groups is 1. The molecule has 0 unspecified atom stereocenters. The van der Waals surface area contributed by atoms with Crippen molar-refractivity contribution in [3.05, 3.63) is 33.8 Å². The molecule has 0 atom stereocenters. The van der Waals surface area contributed by atoms with Crippen molar-refractivity contribution in [2.75, 3.05) is 13.6 Å². The second-order valence-corrected chi connectivity index (χ2v) is 5.82. The number of carbonyl (C=O) groups excluding carboxylic acids is 1. The molecule has 1 amide bonds. The molecule has 100 valence electrons. The van der Waals surface area contributed by atoms with E-state index in [1.165, 1.54) is 4.90 Å². The lowest BCUT2D eigenvalue weighted by atomic mass is 10.1. The smallest absolute Gasteiger partial charge is 0.226 e. The van der Waals surface area contributed by atoms with Gasteiger partial charge in [0.1, 0.15) is 0 Å². The minimum atomic E-state index is -0.909. The molecule has 0 aromatic heterocycles. The number of benzene rings is 1. The Morgan fingerprint density at radius 2 is 2.00 bits per heavy atom. The van der Waals surface area contributed by atoms with Gasteiger partial charge in [-0.2, -0.15) is 0 Å². The Bertz CT molecular complexity index is 441. The van der Waals surface area contributed by atoms with Gasteiger partial charge < -0.3 is 10.0 Å². The van der Waals surface area contributed by atoms with Gasteiger partial charge in [0, 0.05) is 23.6 Å². The average molecular weight is 290 g/mol. The van der Waals surface area contributed by atoms with E-state index in [1.54, 1.807) is 39.1 Å². The van der Waals surface area contributed by atoms with Crippen LogP contribution in [0.3, 0.4) is 0 Å². The van der Waals surface area contributed by atoms with Gasteiger partial charge in [-0.25, -0.2) is 0 Å². The molecule has 1 N–H and O–H groups in total. The Balaban J connectivity index is 2.70. The van der Waals surface area contributed by atoms with Crippen LogP contribution in [0.25, 0.3) is 0 Å². The maximum atomic E-state index is 12.0. The van der Waals surface area contributed by atoms with Crippen molar-refractivity contribution in [3.8, 4) is 0 Å². The lowest BCUT2D eigenvalue weighted by Gasteiger charge is -2.25. The number of likely N-dealkylation sites (N-methyl/N-ethyl adjacent to an activating group) is 1. The zero-order valence-corrected chi connectivity index (χ0v) is 12.2. The number of hydrogen-bond acceptors (Lipinski definition) is 2. The summed E-state index contributed by atoms with van der Waals surface area (Å²) in [6, 6.07) is 5.05. The summed E-state index contributed by atoms with van der Waals surface area (Å²) in [5.74, 6) is -0.0960. The van der Waals surface area contributed by atoms with Crippen LogP contribution in [0.5, 0.6) is 0 Å². The molecule has 0 saturated carbocycles. The second kappa shape index (κ2) is 5.91. The van der Waals surface area contributed by atoms with Crippen molar-refractivity contribution < 1.29 is 9.90 Å². The Morgan fingerprint density at radius 1 is 1.39 bits per heavy atom. The summed E-state index contributed by atoms with van der Waals surface area (Å²) in [5, 5.41) is 10.7. The van der Waals surface area contributed by atoms with Crippen molar-refractivity contribution in [1.82, 2.24) is 4.90 Å². The van der Waals surface area contributed by atoms with E-state index >= 15 is 0 Å². The Labute approximate surface area is 117 Å². The van der Waals surface area contributed by atoms with E-state index in [0.29, 0.717) is 10.0 Å². The summed E-state index contributed by atoms with van der Waals surface area (Å²) in [6.45, 7) is 3.59. The highest BCUT2D eigenvalue weighted by atomic mass is 35.5. The summed E-state index contributed by atoms with van der Waals surface area (Å²) in [5.41, 5.74) is -0.178. The van der Waals surface area contributed by atoms with Crippen molar-refractivity contribution in [1.29, 1.82) is 0 Å². The Kier molecular flexibility index (Phi) is 5.02. The first-order valence-corrected chi connectivity index (χ1v) is 6.35. The van der Waals surface area contributed by atoms with Crippen LogP contribution in [0, 0.1) is 0 Å². The van der Waals surface area contributed by atoms with Crippen molar-refractivity contribution in [2.45, 2.75) is 25.9 Å². The van der Waals surface area contributed by atoms with E-state index in [-0.39, 0.29) is 18.9 Å². The quantitative estimate of drug-likeness (QED) is 0.926. The van der Waals surface area contributed by atoms with Crippen LogP contribution in [0.15, 0.2) is 18.2 Å². The molecule has 0 aliphatic rings. The molecule has 0 aliphatic carbocycles. The third-order valence-electron chi connectivity index (χ3n) is 2.41. The first-order valence-electron chi connectivity index (χ1n) is 5.59. The lowest BCUT2D eigenvalue weighted by Crippen LogP contribution is -2.40. The molecule has 3 nitrogen and oxygen atoms in total. The van der Waals surface area contributed by atoms with Gasteiger partial charge in [0.15, 0.2) is 0 Å². The Hall–Kier alpha value is -0.770. The van der Waals surface area contributed by atoms with Crippen molar-refractivity contribution >= 4 is 29.1 Å². The maximum absolute atomic E-state index is 12.0. The first-order chi connectivity index (χ1) is 8.19. The van der Waals surface area contributed by atoms with Gasteiger partial charge in [-0.3, -0.25) is 4.79 Å². The van der Waals surface area contributed by atoms with E-state index in [1.807, 2.05) is 0 Å². The van der Waals surface area contributed by atoms with Gasteiger partial charge in [-0.15, -0.1) is 0 Å². The first kappa shape index (κ1) is 15.3. The van der Waals surface area contributed by atoms with Gasteiger partial charge in [0.25, 0.3) is 0 Å². The van der Waals surface area contributed by atoms with Gasteiger partial charge in [0.2, 0.25) is 5.91 Å². The fourth-order valence-electron chi connectivity index (χ4n) is 1.63. The molecule has 0 heterocycles. The van der Waals surface area contributed by atoms with E-state index in [9.17, 15) is 9.90 Å². The van der Waals surface area contributed by atoms with Crippen LogP contribution >= 0.6 is 23.2 Å². The minimum absolute atomic E-state index is 0.0960. The third-order valence-corrected chi connectivity index (χ3v) is 2.99. The highest BCUT2D eigenvalue weighted by Crippen LogP contribution is 2.21. The Morgan fingerprint density at radius 3 is 2.50 bits per heavy atom. The highest BCUT2D eigenvalue weighted by molar-refractivity contribution is 6.35. The number of hydrogen-bond donors (Lipinski definition) is 1. The molecule has 1 rings (SSSR count). The molecule has 0 aliphatic heterocycles. The molecule has 0 fully saturated rings. The number of aliphatic hydroxyl groups is 1.